The van der Waals surface area contributed by atoms with Crippen molar-refractivity contribution in [2.45, 2.75) is 32.7 Å². The third kappa shape index (κ3) is 3.90. The van der Waals surface area contributed by atoms with Crippen LogP contribution < -0.4 is 11.1 Å². The minimum absolute atomic E-state index is 0.0640. The Hall–Kier alpha value is -0.940. The lowest BCUT2D eigenvalue weighted by Gasteiger charge is -2.17. The molecule has 0 saturated carbocycles. The Bertz CT molecular complexity index is 313. The first kappa shape index (κ1) is 13.1. The highest BCUT2D eigenvalue weighted by molar-refractivity contribution is 7.09. The summed E-state index contributed by atoms with van der Waals surface area (Å²) in [5.41, 5.74) is 5.81. The summed E-state index contributed by atoms with van der Waals surface area (Å²) in [5.74, 6) is 0.158. The minimum atomic E-state index is -0.402. The fraction of sp³-hybridized carbons (Fsp3) is 0.636. The van der Waals surface area contributed by atoms with E-state index in [9.17, 15) is 4.79 Å². The van der Waals surface area contributed by atoms with Gasteiger partial charge in [-0.3, -0.25) is 4.79 Å². The Morgan fingerprint density at radius 2 is 2.44 bits per heavy atom. The van der Waals surface area contributed by atoms with Crippen LogP contribution in [0, 0.1) is 5.92 Å². The molecule has 0 aliphatic rings. The molecule has 0 aromatic carbocycles. The van der Waals surface area contributed by atoms with Crippen LogP contribution in [0.15, 0.2) is 11.6 Å². The molecule has 1 aromatic rings. The zero-order valence-electron chi connectivity index (χ0n) is 9.77. The molecule has 4 nitrogen and oxygen atoms in total. The van der Waals surface area contributed by atoms with Crippen molar-refractivity contribution in [2.75, 3.05) is 6.54 Å². The van der Waals surface area contributed by atoms with Crippen molar-refractivity contribution in [1.29, 1.82) is 0 Å². The monoisotopic (exact) mass is 241 g/mol. The summed E-state index contributed by atoms with van der Waals surface area (Å²) < 4.78 is 0. The molecule has 0 spiro atoms. The molecule has 1 aromatic heterocycles. The van der Waals surface area contributed by atoms with Crippen molar-refractivity contribution in [2.24, 2.45) is 11.7 Å². The predicted octanol–water partition coefficient (Wildman–Crippen LogP) is 1.18. The van der Waals surface area contributed by atoms with Crippen molar-refractivity contribution in [3.05, 3.63) is 16.6 Å². The van der Waals surface area contributed by atoms with E-state index in [0.717, 1.165) is 17.8 Å². The Balaban J connectivity index is 2.24. The smallest absolute Gasteiger partial charge is 0.237 e. The molecular weight excluding hydrogens is 222 g/mol. The first-order valence-electron chi connectivity index (χ1n) is 5.56. The van der Waals surface area contributed by atoms with Gasteiger partial charge in [0, 0.05) is 24.5 Å². The van der Waals surface area contributed by atoms with Gasteiger partial charge in [-0.05, 0) is 5.92 Å². The van der Waals surface area contributed by atoms with Crippen LogP contribution in [-0.4, -0.2) is 23.5 Å². The molecule has 1 rings (SSSR count). The van der Waals surface area contributed by atoms with Gasteiger partial charge in [-0.2, -0.15) is 0 Å². The zero-order valence-corrected chi connectivity index (χ0v) is 10.6. The number of carbonyl (C=O) groups is 1. The summed E-state index contributed by atoms with van der Waals surface area (Å²) >= 11 is 1.60. The molecule has 0 fully saturated rings. The van der Waals surface area contributed by atoms with Crippen molar-refractivity contribution >= 4 is 17.2 Å². The number of aromatic nitrogens is 1. The average Bonchev–Trinajstić information content (AvgIpc) is 2.79. The number of amides is 1. The number of hydrogen-bond donors (Lipinski definition) is 2. The fourth-order valence-electron chi connectivity index (χ4n) is 1.30. The highest BCUT2D eigenvalue weighted by Crippen LogP contribution is 2.06. The molecule has 0 saturated heterocycles. The summed E-state index contributed by atoms with van der Waals surface area (Å²) in [4.78, 5) is 15.8. The third-order valence-electron chi connectivity index (χ3n) is 2.68. The van der Waals surface area contributed by atoms with Crippen molar-refractivity contribution in [1.82, 2.24) is 10.3 Å². The molecule has 0 radical (unpaired) electrons. The van der Waals surface area contributed by atoms with E-state index >= 15 is 0 Å². The van der Waals surface area contributed by atoms with Gasteiger partial charge in [0.15, 0.2) is 0 Å². The van der Waals surface area contributed by atoms with E-state index in [0.29, 0.717) is 6.54 Å². The molecule has 5 heteroatoms. The molecule has 0 aliphatic carbocycles. The number of hydrogen-bond acceptors (Lipinski definition) is 4. The van der Waals surface area contributed by atoms with Gasteiger partial charge in [0.2, 0.25) is 5.91 Å². The van der Waals surface area contributed by atoms with Crippen LogP contribution in [0.3, 0.4) is 0 Å². The molecule has 2 atom stereocenters. The van der Waals surface area contributed by atoms with Crippen LogP contribution in [0.25, 0.3) is 0 Å². The van der Waals surface area contributed by atoms with Crippen LogP contribution >= 0.6 is 11.3 Å². The normalized spacial score (nSPS) is 14.4. The number of nitrogens with zero attached hydrogens (tertiary/aromatic N) is 1. The highest BCUT2D eigenvalue weighted by Gasteiger charge is 2.18. The Kier molecular flexibility index (Phi) is 5.42. The van der Waals surface area contributed by atoms with Crippen LogP contribution in [0.2, 0.25) is 0 Å². The van der Waals surface area contributed by atoms with E-state index < -0.39 is 6.04 Å². The number of thiazole rings is 1. The molecular formula is C11H19N3OS. The van der Waals surface area contributed by atoms with Gasteiger partial charge >= 0.3 is 0 Å². The maximum atomic E-state index is 11.6. The van der Waals surface area contributed by atoms with Gasteiger partial charge in [0.05, 0.1) is 11.0 Å². The average molecular weight is 241 g/mol. The summed E-state index contributed by atoms with van der Waals surface area (Å²) in [7, 11) is 0. The van der Waals surface area contributed by atoms with E-state index in [4.69, 9.17) is 5.73 Å². The first-order valence-corrected chi connectivity index (χ1v) is 6.44. The minimum Gasteiger partial charge on any atom is -0.354 e. The molecule has 1 unspecified atom stereocenters. The SMILES string of the molecule is CCC(C)[C@H](N)C(=O)NCCc1nccs1. The van der Waals surface area contributed by atoms with Gasteiger partial charge in [-0.1, -0.05) is 20.3 Å². The molecule has 90 valence electrons. The van der Waals surface area contributed by atoms with E-state index in [-0.39, 0.29) is 11.8 Å². The number of nitrogens with one attached hydrogen (secondary N) is 1. The van der Waals surface area contributed by atoms with E-state index in [2.05, 4.69) is 10.3 Å². The van der Waals surface area contributed by atoms with E-state index in [1.807, 2.05) is 19.2 Å². The Morgan fingerprint density at radius 3 is 3.00 bits per heavy atom. The molecule has 1 amide bonds. The second-order valence-electron chi connectivity index (χ2n) is 3.88. The summed E-state index contributed by atoms with van der Waals surface area (Å²) in [6, 6.07) is -0.402. The highest BCUT2D eigenvalue weighted by atomic mass is 32.1. The van der Waals surface area contributed by atoms with Crippen molar-refractivity contribution < 1.29 is 4.79 Å². The van der Waals surface area contributed by atoms with Gasteiger partial charge in [-0.25, -0.2) is 4.98 Å². The molecule has 3 N–H and O–H groups in total. The Labute approximate surface area is 100 Å². The lowest BCUT2D eigenvalue weighted by atomic mass is 9.99. The zero-order chi connectivity index (χ0) is 12.0. The summed E-state index contributed by atoms with van der Waals surface area (Å²) in [6.07, 6.45) is 3.46. The largest absolute Gasteiger partial charge is 0.354 e. The van der Waals surface area contributed by atoms with Crippen LogP contribution in [-0.2, 0) is 11.2 Å². The number of nitrogens with two attached hydrogens (primary N) is 1. The molecule has 0 aliphatic heterocycles. The number of rotatable bonds is 6. The molecule has 1 heterocycles. The number of carbonyl (C=O) groups excluding carboxylic acids is 1. The third-order valence-corrected chi connectivity index (χ3v) is 3.52. The quantitative estimate of drug-likeness (QED) is 0.785. The van der Waals surface area contributed by atoms with Crippen molar-refractivity contribution in [3.63, 3.8) is 0 Å². The maximum absolute atomic E-state index is 11.6. The lowest BCUT2D eigenvalue weighted by molar-refractivity contribution is -0.123. The topological polar surface area (TPSA) is 68.0 Å². The predicted molar refractivity (Wildman–Crippen MR) is 66.3 cm³/mol. The second-order valence-corrected chi connectivity index (χ2v) is 4.86. The molecule has 0 bridgehead atoms. The maximum Gasteiger partial charge on any atom is 0.237 e. The summed E-state index contributed by atoms with van der Waals surface area (Å²) in [6.45, 7) is 4.63. The Morgan fingerprint density at radius 1 is 1.69 bits per heavy atom. The first-order chi connectivity index (χ1) is 7.65. The van der Waals surface area contributed by atoms with Crippen LogP contribution in [0.1, 0.15) is 25.3 Å². The molecule has 16 heavy (non-hydrogen) atoms. The van der Waals surface area contributed by atoms with Crippen molar-refractivity contribution in [3.8, 4) is 0 Å². The second kappa shape index (κ2) is 6.60. The lowest BCUT2D eigenvalue weighted by Crippen LogP contribution is -2.45. The van der Waals surface area contributed by atoms with E-state index in [1.54, 1.807) is 17.5 Å². The van der Waals surface area contributed by atoms with Gasteiger partial charge in [-0.15, -0.1) is 11.3 Å². The van der Waals surface area contributed by atoms with Gasteiger partial charge in [0.25, 0.3) is 0 Å². The van der Waals surface area contributed by atoms with E-state index in [1.165, 1.54) is 0 Å². The van der Waals surface area contributed by atoms with Gasteiger partial charge < -0.3 is 11.1 Å². The van der Waals surface area contributed by atoms with Crippen LogP contribution in [0.4, 0.5) is 0 Å². The van der Waals surface area contributed by atoms with Crippen LogP contribution in [0.5, 0.6) is 0 Å². The standard InChI is InChI=1S/C11H19N3OS/c1-3-8(2)10(12)11(15)14-5-4-9-13-6-7-16-9/h6-8,10H,3-5,12H2,1-2H3,(H,14,15)/t8?,10-/m0/s1. The van der Waals surface area contributed by atoms with Gasteiger partial charge in [0.1, 0.15) is 0 Å². The summed E-state index contributed by atoms with van der Waals surface area (Å²) in [5, 5.41) is 5.81. The fourth-order valence-corrected chi connectivity index (χ4v) is 1.92.